The maximum absolute atomic E-state index is 12.4. The fourth-order valence-corrected chi connectivity index (χ4v) is 2.52. The Bertz CT molecular complexity index is 749. The molecular formula is C17H23N5O2. The number of aromatic nitrogens is 2. The van der Waals surface area contributed by atoms with Gasteiger partial charge in [0.1, 0.15) is 0 Å². The lowest BCUT2D eigenvalue weighted by Gasteiger charge is -2.09. The molecule has 0 bridgehead atoms. The average Bonchev–Trinajstić information content (AvgIpc) is 3.28. The topological polar surface area (TPSA) is 78.7 Å². The van der Waals surface area contributed by atoms with E-state index in [2.05, 4.69) is 20.5 Å². The minimum absolute atomic E-state index is 0.231. The minimum atomic E-state index is -0.247. The van der Waals surface area contributed by atoms with Gasteiger partial charge in [0.05, 0.1) is 5.52 Å². The van der Waals surface area contributed by atoms with Gasteiger partial charge in [-0.2, -0.15) is 0 Å². The average molecular weight is 329 g/mol. The van der Waals surface area contributed by atoms with Gasteiger partial charge in [-0.25, -0.2) is 4.98 Å². The summed E-state index contributed by atoms with van der Waals surface area (Å²) in [4.78, 5) is 31.2. The van der Waals surface area contributed by atoms with Crippen LogP contribution in [-0.4, -0.2) is 59.3 Å². The van der Waals surface area contributed by atoms with Crippen LogP contribution in [-0.2, 0) is 0 Å². The molecule has 1 saturated carbocycles. The predicted octanol–water partition coefficient (Wildman–Crippen LogP) is 0.908. The number of hydrogen-bond donors (Lipinski definition) is 2. The van der Waals surface area contributed by atoms with Crippen LogP contribution in [0.25, 0.3) is 5.52 Å². The number of fused-ring (bicyclic) bond motifs is 1. The summed E-state index contributed by atoms with van der Waals surface area (Å²) in [7, 11) is 3.99. The molecule has 3 rings (SSSR count). The van der Waals surface area contributed by atoms with Crippen LogP contribution in [0.15, 0.2) is 24.4 Å². The molecule has 7 heteroatoms. The van der Waals surface area contributed by atoms with E-state index in [1.807, 2.05) is 26.2 Å². The van der Waals surface area contributed by atoms with Crippen LogP contribution in [0.1, 0.15) is 40.4 Å². The molecule has 2 N–H and O–H groups in total. The van der Waals surface area contributed by atoms with Gasteiger partial charge < -0.3 is 15.5 Å². The Morgan fingerprint density at radius 3 is 2.79 bits per heavy atom. The number of carbonyl (C=O) groups is 2. The van der Waals surface area contributed by atoms with Crippen LogP contribution in [0.3, 0.4) is 0 Å². The second-order valence-electron chi connectivity index (χ2n) is 6.40. The number of carbonyl (C=O) groups excluding carboxylic acids is 2. The number of hydrogen-bond acceptors (Lipinski definition) is 4. The Morgan fingerprint density at radius 1 is 1.29 bits per heavy atom. The lowest BCUT2D eigenvalue weighted by Crippen LogP contribution is -2.28. The molecule has 0 atom stereocenters. The Balaban J connectivity index is 1.77. The molecule has 2 aromatic rings. The van der Waals surface area contributed by atoms with Crippen LogP contribution in [0, 0.1) is 0 Å². The number of nitrogens with one attached hydrogen (secondary N) is 2. The summed E-state index contributed by atoms with van der Waals surface area (Å²) in [5.74, 6) is -0.218. The van der Waals surface area contributed by atoms with Crippen molar-refractivity contribution in [3.8, 4) is 0 Å². The van der Waals surface area contributed by atoms with E-state index in [0.717, 1.165) is 25.8 Å². The summed E-state index contributed by atoms with van der Waals surface area (Å²) in [6, 6.07) is 5.70. The molecule has 2 amide bonds. The summed E-state index contributed by atoms with van der Waals surface area (Å²) in [5.41, 5.74) is 0.935. The third-order valence-electron chi connectivity index (χ3n) is 3.95. The van der Waals surface area contributed by atoms with Crippen molar-refractivity contribution in [2.24, 2.45) is 0 Å². The van der Waals surface area contributed by atoms with E-state index in [0.29, 0.717) is 17.8 Å². The second kappa shape index (κ2) is 7.00. The molecule has 1 fully saturated rings. The predicted molar refractivity (Wildman–Crippen MR) is 91.2 cm³/mol. The van der Waals surface area contributed by atoms with Gasteiger partial charge in [-0.15, -0.1) is 0 Å². The first-order valence-corrected chi connectivity index (χ1v) is 8.27. The zero-order valence-corrected chi connectivity index (χ0v) is 14.1. The van der Waals surface area contributed by atoms with Gasteiger partial charge in [0.25, 0.3) is 11.8 Å². The highest BCUT2D eigenvalue weighted by Crippen LogP contribution is 2.20. The second-order valence-corrected chi connectivity index (χ2v) is 6.40. The van der Waals surface area contributed by atoms with Gasteiger partial charge in [0, 0.05) is 18.8 Å². The standard InChI is InChI=1S/C17H23N5O2/c1-21(2)10-5-9-18-16(23)14-13-6-3-4-11-22(13)15(20-14)17(24)19-12-7-8-12/h3-4,6,11-12H,5,7-10H2,1-2H3,(H,18,23)(H,19,24). The van der Waals surface area contributed by atoms with Gasteiger partial charge in [0.15, 0.2) is 5.69 Å². The maximum atomic E-state index is 12.4. The fourth-order valence-electron chi connectivity index (χ4n) is 2.52. The molecule has 2 aromatic heterocycles. The number of amides is 2. The fraction of sp³-hybridized carbons (Fsp3) is 0.471. The Hall–Kier alpha value is -2.41. The first-order chi connectivity index (χ1) is 11.6. The van der Waals surface area contributed by atoms with E-state index in [-0.39, 0.29) is 23.7 Å². The van der Waals surface area contributed by atoms with Crippen molar-refractivity contribution >= 4 is 17.3 Å². The van der Waals surface area contributed by atoms with Gasteiger partial charge in [0.2, 0.25) is 5.82 Å². The first kappa shape index (κ1) is 16.4. The molecule has 0 unspecified atom stereocenters. The van der Waals surface area contributed by atoms with Crippen molar-refractivity contribution in [2.75, 3.05) is 27.2 Å². The molecule has 24 heavy (non-hydrogen) atoms. The molecule has 7 nitrogen and oxygen atoms in total. The highest BCUT2D eigenvalue weighted by molar-refractivity contribution is 6.02. The van der Waals surface area contributed by atoms with Crippen LogP contribution in [0.2, 0.25) is 0 Å². The molecule has 128 valence electrons. The van der Waals surface area contributed by atoms with Crippen LogP contribution >= 0.6 is 0 Å². The largest absolute Gasteiger partial charge is 0.351 e. The molecule has 0 aromatic carbocycles. The smallest absolute Gasteiger partial charge is 0.287 e. The van der Waals surface area contributed by atoms with Crippen LogP contribution < -0.4 is 10.6 Å². The van der Waals surface area contributed by atoms with Crippen molar-refractivity contribution in [3.05, 3.63) is 35.9 Å². The molecule has 0 aliphatic heterocycles. The summed E-state index contributed by atoms with van der Waals surface area (Å²) >= 11 is 0. The van der Waals surface area contributed by atoms with Gasteiger partial charge in [-0.05, 0) is 52.0 Å². The first-order valence-electron chi connectivity index (χ1n) is 8.27. The zero-order valence-electron chi connectivity index (χ0n) is 14.1. The molecule has 0 radical (unpaired) electrons. The Kier molecular flexibility index (Phi) is 4.80. The Labute approximate surface area is 141 Å². The number of nitrogens with zero attached hydrogens (tertiary/aromatic N) is 3. The van der Waals surface area contributed by atoms with E-state index in [9.17, 15) is 9.59 Å². The Morgan fingerprint density at radius 2 is 2.08 bits per heavy atom. The van der Waals surface area contributed by atoms with E-state index in [1.165, 1.54) is 0 Å². The van der Waals surface area contributed by atoms with Crippen molar-refractivity contribution in [2.45, 2.75) is 25.3 Å². The molecule has 1 aliphatic carbocycles. The molecule has 0 spiro atoms. The summed E-state index contributed by atoms with van der Waals surface area (Å²) in [6.07, 6.45) is 4.63. The number of rotatable bonds is 7. The molecular weight excluding hydrogens is 306 g/mol. The summed E-state index contributed by atoms with van der Waals surface area (Å²) in [5, 5.41) is 5.80. The SMILES string of the molecule is CN(C)CCCNC(=O)c1nc(C(=O)NC2CC2)n2ccccc12. The highest BCUT2D eigenvalue weighted by Gasteiger charge is 2.27. The summed E-state index contributed by atoms with van der Waals surface area (Å²) in [6.45, 7) is 1.48. The number of pyridine rings is 1. The normalized spacial score (nSPS) is 14.1. The minimum Gasteiger partial charge on any atom is -0.351 e. The van der Waals surface area contributed by atoms with Gasteiger partial charge in [-0.1, -0.05) is 6.07 Å². The lowest BCUT2D eigenvalue weighted by atomic mass is 10.3. The molecule has 0 saturated heterocycles. The maximum Gasteiger partial charge on any atom is 0.287 e. The molecule has 1 aliphatic rings. The van der Waals surface area contributed by atoms with Crippen molar-refractivity contribution in [1.82, 2.24) is 24.9 Å². The number of imidazole rings is 1. The molecule has 2 heterocycles. The van der Waals surface area contributed by atoms with Crippen molar-refractivity contribution in [3.63, 3.8) is 0 Å². The van der Waals surface area contributed by atoms with Crippen molar-refractivity contribution in [1.29, 1.82) is 0 Å². The van der Waals surface area contributed by atoms with E-state index in [4.69, 9.17) is 0 Å². The third kappa shape index (κ3) is 3.73. The lowest BCUT2D eigenvalue weighted by molar-refractivity contribution is 0.0940. The van der Waals surface area contributed by atoms with E-state index >= 15 is 0 Å². The third-order valence-corrected chi connectivity index (χ3v) is 3.95. The highest BCUT2D eigenvalue weighted by atomic mass is 16.2. The van der Waals surface area contributed by atoms with Crippen LogP contribution in [0.5, 0.6) is 0 Å². The van der Waals surface area contributed by atoms with Crippen LogP contribution in [0.4, 0.5) is 0 Å². The zero-order chi connectivity index (χ0) is 17.1. The van der Waals surface area contributed by atoms with Gasteiger partial charge in [-0.3, -0.25) is 14.0 Å². The van der Waals surface area contributed by atoms with Gasteiger partial charge >= 0.3 is 0 Å². The quantitative estimate of drug-likeness (QED) is 0.740. The van der Waals surface area contributed by atoms with Crippen molar-refractivity contribution < 1.29 is 9.59 Å². The van der Waals surface area contributed by atoms with E-state index in [1.54, 1.807) is 16.7 Å². The van der Waals surface area contributed by atoms with E-state index < -0.39 is 0 Å². The monoisotopic (exact) mass is 329 g/mol. The summed E-state index contributed by atoms with van der Waals surface area (Å²) < 4.78 is 1.67.